The zero-order chi connectivity index (χ0) is 9.97. The zero-order valence-electron chi connectivity index (χ0n) is 7.36. The minimum atomic E-state index is 0.186. The van der Waals surface area contributed by atoms with Gasteiger partial charge in [0.1, 0.15) is 5.82 Å². The molecule has 0 aliphatic carbocycles. The number of aromatic nitrogens is 3. The van der Waals surface area contributed by atoms with Crippen LogP contribution in [0.5, 0.6) is 0 Å². The van der Waals surface area contributed by atoms with Crippen LogP contribution in [-0.2, 0) is 0 Å². The first-order valence-electron chi connectivity index (χ1n) is 3.93. The van der Waals surface area contributed by atoms with Crippen LogP contribution >= 0.6 is 11.6 Å². The summed E-state index contributed by atoms with van der Waals surface area (Å²) in [5.74, 6) is 1.10. The molecule has 0 aliphatic rings. The highest BCUT2D eigenvalue weighted by Gasteiger charge is 2.01. The van der Waals surface area contributed by atoms with E-state index in [2.05, 4.69) is 20.4 Å². The quantitative estimate of drug-likeness (QED) is 0.770. The van der Waals surface area contributed by atoms with E-state index in [9.17, 15) is 0 Å². The highest BCUT2D eigenvalue weighted by Crippen LogP contribution is 2.15. The summed E-state index contributed by atoms with van der Waals surface area (Å²) >= 11 is 5.61. The SMILES string of the molecule is Cc1cc(Nc2ccnc(Cl)n2)on1. The molecular formula is C8H7ClN4O. The molecule has 6 heteroatoms. The Labute approximate surface area is 85.1 Å². The fraction of sp³-hybridized carbons (Fsp3) is 0.125. The van der Waals surface area contributed by atoms with Crippen LogP contribution in [0.2, 0.25) is 5.28 Å². The highest BCUT2D eigenvalue weighted by atomic mass is 35.5. The third-order valence-electron chi connectivity index (χ3n) is 1.51. The van der Waals surface area contributed by atoms with Gasteiger partial charge in [0, 0.05) is 12.3 Å². The molecule has 0 fully saturated rings. The van der Waals surface area contributed by atoms with Crippen LogP contribution < -0.4 is 5.32 Å². The lowest BCUT2D eigenvalue weighted by atomic mass is 10.5. The summed E-state index contributed by atoms with van der Waals surface area (Å²) in [6.45, 7) is 1.83. The Hall–Kier alpha value is -1.62. The molecular weight excluding hydrogens is 204 g/mol. The van der Waals surface area contributed by atoms with Crippen molar-refractivity contribution in [3.05, 3.63) is 29.3 Å². The molecule has 0 spiro atoms. The Morgan fingerprint density at radius 1 is 1.50 bits per heavy atom. The summed E-state index contributed by atoms with van der Waals surface area (Å²) in [7, 11) is 0. The van der Waals surface area contributed by atoms with E-state index in [1.54, 1.807) is 18.3 Å². The van der Waals surface area contributed by atoms with Crippen molar-refractivity contribution in [1.29, 1.82) is 0 Å². The van der Waals surface area contributed by atoms with Crippen LogP contribution in [0.4, 0.5) is 11.7 Å². The number of halogens is 1. The number of rotatable bonds is 2. The lowest BCUT2D eigenvalue weighted by Gasteiger charge is -1.99. The van der Waals surface area contributed by atoms with Gasteiger partial charge in [-0.05, 0) is 24.6 Å². The molecule has 0 aromatic carbocycles. The van der Waals surface area contributed by atoms with E-state index in [1.807, 2.05) is 6.92 Å². The molecule has 2 rings (SSSR count). The molecule has 0 saturated heterocycles. The molecule has 0 unspecified atom stereocenters. The third kappa shape index (κ3) is 2.00. The first-order valence-corrected chi connectivity index (χ1v) is 4.31. The average Bonchev–Trinajstić information content (AvgIpc) is 2.51. The summed E-state index contributed by atoms with van der Waals surface area (Å²) in [6.07, 6.45) is 1.56. The number of nitrogens with zero attached hydrogens (tertiary/aromatic N) is 3. The van der Waals surface area contributed by atoms with Gasteiger partial charge in [0.15, 0.2) is 0 Å². The van der Waals surface area contributed by atoms with Crippen LogP contribution in [0.15, 0.2) is 22.9 Å². The van der Waals surface area contributed by atoms with Gasteiger partial charge in [0.2, 0.25) is 11.2 Å². The summed E-state index contributed by atoms with van der Waals surface area (Å²) in [4.78, 5) is 7.69. The van der Waals surface area contributed by atoms with E-state index < -0.39 is 0 Å². The van der Waals surface area contributed by atoms with Gasteiger partial charge < -0.3 is 9.84 Å². The lowest BCUT2D eigenvalue weighted by molar-refractivity contribution is 0.429. The van der Waals surface area contributed by atoms with Crippen LogP contribution in [0, 0.1) is 6.92 Å². The molecule has 0 saturated carbocycles. The molecule has 0 amide bonds. The first kappa shape index (κ1) is 8.96. The largest absolute Gasteiger partial charge is 0.338 e. The van der Waals surface area contributed by atoms with E-state index >= 15 is 0 Å². The van der Waals surface area contributed by atoms with E-state index in [0.29, 0.717) is 11.7 Å². The molecule has 0 radical (unpaired) electrons. The Morgan fingerprint density at radius 3 is 3.00 bits per heavy atom. The lowest BCUT2D eigenvalue weighted by Crippen LogP contribution is -1.92. The van der Waals surface area contributed by atoms with Crippen molar-refractivity contribution in [2.75, 3.05) is 5.32 Å². The monoisotopic (exact) mass is 210 g/mol. The van der Waals surface area contributed by atoms with Crippen LogP contribution in [0.25, 0.3) is 0 Å². The number of anilines is 2. The van der Waals surface area contributed by atoms with Crippen molar-refractivity contribution in [1.82, 2.24) is 15.1 Å². The van der Waals surface area contributed by atoms with Gasteiger partial charge in [-0.2, -0.15) is 0 Å². The predicted octanol–water partition coefficient (Wildman–Crippen LogP) is 2.17. The van der Waals surface area contributed by atoms with Crippen molar-refractivity contribution in [3.8, 4) is 0 Å². The second-order valence-electron chi connectivity index (χ2n) is 2.67. The molecule has 0 bridgehead atoms. The number of hydrogen-bond donors (Lipinski definition) is 1. The highest BCUT2D eigenvalue weighted by molar-refractivity contribution is 6.28. The van der Waals surface area contributed by atoms with Crippen molar-refractivity contribution < 1.29 is 4.52 Å². The van der Waals surface area contributed by atoms with Gasteiger partial charge >= 0.3 is 0 Å². The molecule has 5 nitrogen and oxygen atoms in total. The van der Waals surface area contributed by atoms with Gasteiger partial charge in [-0.25, -0.2) is 9.97 Å². The molecule has 14 heavy (non-hydrogen) atoms. The van der Waals surface area contributed by atoms with E-state index in [-0.39, 0.29) is 5.28 Å². The van der Waals surface area contributed by atoms with Crippen molar-refractivity contribution >= 4 is 23.3 Å². The fourth-order valence-corrected chi connectivity index (χ4v) is 1.10. The summed E-state index contributed by atoms with van der Waals surface area (Å²) in [5.41, 5.74) is 0.799. The van der Waals surface area contributed by atoms with Gasteiger partial charge in [-0.15, -0.1) is 0 Å². The Kier molecular flexibility index (Phi) is 2.32. The van der Waals surface area contributed by atoms with E-state index in [0.717, 1.165) is 5.69 Å². The van der Waals surface area contributed by atoms with E-state index in [4.69, 9.17) is 16.1 Å². The minimum absolute atomic E-state index is 0.186. The molecule has 0 atom stereocenters. The average molecular weight is 211 g/mol. The van der Waals surface area contributed by atoms with Gasteiger partial charge in [0.05, 0.1) is 5.69 Å². The normalized spacial score (nSPS) is 10.1. The maximum Gasteiger partial charge on any atom is 0.230 e. The van der Waals surface area contributed by atoms with Gasteiger partial charge in [-0.3, -0.25) is 0 Å². The van der Waals surface area contributed by atoms with Crippen molar-refractivity contribution in [2.45, 2.75) is 6.92 Å². The van der Waals surface area contributed by atoms with Crippen LogP contribution in [-0.4, -0.2) is 15.1 Å². The maximum atomic E-state index is 5.61. The smallest absolute Gasteiger partial charge is 0.230 e. The van der Waals surface area contributed by atoms with Crippen molar-refractivity contribution in [2.24, 2.45) is 0 Å². The third-order valence-corrected chi connectivity index (χ3v) is 1.69. The zero-order valence-corrected chi connectivity index (χ0v) is 8.12. The predicted molar refractivity (Wildman–Crippen MR) is 51.6 cm³/mol. The molecule has 1 N–H and O–H groups in total. The second-order valence-corrected chi connectivity index (χ2v) is 3.01. The molecule has 0 aliphatic heterocycles. The van der Waals surface area contributed by atoms with E-state index in [1.165, 1.54) is 0 Å². The Morgan fingerprint density at radius 2 is 2.36 bits per heavy atom. The number of hydrogen-bond acceptors (Lipinski definition) is 5. The Bertz CT molecular complexity index is 442. The summed E-state index contributed by atoms with van der Waals surface area (Å²) in [6, 6.07) is 3.44. The Balaban J connectivity index is 2.18. The molecule has 2 aromatic rings. The fourth-order valence-electron chi connectivity index (χ4n) is 0.953. The maximum absolute atomic E-state index is 5.61. The van der Waals surface area contributed by atoms with Gasteiger partial charge in [-0.1, -0.05) is 5.16 Å². The minimum Gasteiger partial charge on any atom is -0.338 e. The number of nitrogens with one attached hydrogen (secondary N) is 1. The molecule has 2 heterocycles. The standard InChI is InChI=1S/C8H7ClN4O/c1-5-4-7(14-13-5)11-6-2-3-10-8(9)12-6/h2-4H,1H3,(H,10,11,12). The van der Waals surface area contributed by atoms with Crippen LogP contribution in [0.3, 0.4) is 0 Å². The molecule has 72 valence electrons. The van der Waals surface area contributed by atoms with Gasteiger partial charge in [0.25, 0.3) is 0 Å². The van der Waals surface area contributed by atoms with Crippen LogP contribution in [0.1, 0.15) is 5.69 Å². The first-order chi connectivity index (χ1) is 6.74. The van der Waals surface area contributed by atoms with Crippen molar-refractivity contribution in [3.63, 3.8) is 0 Å². The molecule has 2 aromatic heterocycles. The second kappa shape index (κ2) is 3.63. The number of aryl methyl sites for hydroxylation is 1. The summed E-state index contributed by atoms with van der Waals surface area (Å²) in [5, 5.41) is 6.81. The summed E-state index contributed by atoms with van der Waals surface area (Å²) < 4.78 is 4.94. The topological polar surface area (TPSA) is 63.8 Å².